The molecule has 0 aliphatic rings. The Labute approximate surface area is 137 Å². The second-order valence-electron chi connectivity index (χ2n) is 5.01. The van der Waals surface area contributed by atoms with Gasteiger partial charge < -0.3 is 9.73 Å². The lowest BCUT2D eigenvalue weighted by molar-refractivity contribution is 0.0954. The summed E-state index contributed by atoms with van der Waals surface area (Å²) in [5.41, 5.74) is 1.26. The third-order valence-electron chi connectivity index (χ3n) is 3.38. The topological polar surface area (TPSA) is 55.1 Å². The SMILES string of the molecule is Cc1oc(-c2cccs2)nc1CCNC(=O)c1ccc(F)cc1. The molecule has 1 N–H and O–H groups in total. The number of nitrogens with zero attached hydrogens (tertiary/aromatic N) is 1. The zero-order valence-electron chi connectivity index (χ0n) is 12.5. The van der Waals surface area contributed by atoms with E-state index in [4.69, 9.17) is 4.42 Å². The first-order chi connectivity index (χ1) is 11.1. The molecule has 0 bridgehead atoms. The van der Waals surface area contributed by atoms with Crippen LogP contribution in [0.3, 0.4) is 0 Å². The van der Waals surface area contributed by atoms with Gasteiger partial charge in [0.05, 0.1) is 10.6 Å². The van der Waals surface area contributed by atoms with Crippen LogP contribution in [-0.4, -0.2) is 17.4 Å². The zero-order valence-corrected chi connectivity index (χ0v) is 13.3. The highest BCUT2D eigenvalue weighted by Crippen LogP contribution is 2.25. The van der Waals surface area contributed by atoms with Crippen molar-refractivity contribution in [3.8, 4) is 10.8 Å². The van der Waals surface area contributed by atoms with Gasteiger partial charge in [0.1, 0.15) is 11.6 Å². The van der Waals surface area contributed by atoms with E-state index >= 15 is 0 Å². The van der Waals surface area contributed by atoms with E-state index in [0.29, 0.717) is 24.4 Å². The van der Waals surface area contributed by atoms with E-state index in [0.717, 1.165) is 16.3 Å². The molecule has 0 unspecified atom stereocenters. The second kappa shape index (κ2) is 6.75. The fourth-order valence-electron chi connectivity index (χ4n) is 2.16. The molecule has 0 saturated heterocycles. The standard InChI is InChI=1S/C17H15FN2O2S/c1-11-14(20-17(22-11)15-3-2-10-23-15)8-9-19-16(21)12-4-6-13(18)7-5-12/h2-7,10H,8-9H2,1H3,(H,19,21). The van der Waals surface area contributed by atoms with E-state index in [1.54, 1.807) is 11.3 Å². The monoisotopic (exact) mass is 330 g/mol. The molecule has 3 aromatic rings. The quantitative estimate of drug-likeness (QED) is 0.774. The first-order valence-corrected chi connectivity index (χ1v) is 8.05. The van der Waals surface area contributed by atoms with E-state index in [1.165, 1.54) is 24.3 Å². The molecular formula is C17H15FN2O2S. The lowest BCUT2D eigenvalue weighted by Crippen LogP contribution is -2.25. The maximum Gasteiger partial charge on any atom is 0.251 e. The van der Waals surface area contributed by atoms with E-state index in [1.807, 2.05) is 24.4 Å². The number of benzene rings is 1. The van der Waals surface area contributed by atoms with Gasteiger partial charge in [-0.25, -0.2) is 9.37 Å². The fourth-order valence-corrected chi connectivity index (χ4v) is 2.81. The predicted octanol–water partition coefficient (Wildman–Crippen LogP) is 3.82. The van der Waals surface area contributed by atoms with Gasteiger partial charge in [0.25, 0.3) is 5.91 Å². The molecule has 0 aliphatic carbocycles. The molecule has 0 saturated carbocycles. The molecule has 2 aromatic heterocycles. The third kappa shape index (κ3) is 3.65. The summed E-state index contributed by atoms with van der Waals surface area (Å²) in [6.07, 6.45) is 0.577. The summed E-state index contributed by atoms with van der Waals surface area (Å²) in [4.78, 5) is 17.4. The Bertz CT molecular complexity index is 795. The number of nitrogens with one attached hydrogen (secondary N) is 1. The number of amides is 1. The van der Waals surface area contributed by atoms with E-state index < -0.39 is 0 Å². The van der Waals surface area contributed by atoms with Gasteiger partial charge in [-0.1, -0.05) is 6.07 Å². The average molecular weight is 330 g/mol. The molecule has 1 amide bonds. The predicted molar refractivity (Wildman–Crippen MR) is 87.0 cm³/mol. The van der Waals surface area contributed by atoms with Crippen molar-refractivity contribution in [1.82, 2.24) is 10.3 Å². The van der Waals surface area contributed by atoms with Crippen LogP contribution in [0.1, 0.15) is 21.8 Å². The number of hydrogen-bond acceptors (Lipinski definition) is 4. The third-order valence-corrected chi connectivity index (χ3v) is 4.24. The molecule has 118 valence electrons. The summed E-state index contributed by atoms with van der Waals surface area (Å²) in [6.45, 7) is 2.30. The molecule has 0 aliphatic heterocycles. The van der Waals surface area contributed by atoms with Crippen molar-refractivity contribution in [2.75, 3.05) is 6.54 Å². The number of aryl methyl sites for hydroxylation is 1. The van der Waals surface area contributed by atoms with Crippen LogP contribution in [0.15, 0.2) is 46.2 Å². The highest BCUT2D eigenvalue weighted by Gasteiger charge is 2.12. The first-order valence-electron chi connectivity index (χ1n) is 7.17. The fraction of sp³-hybridized carbons (Fsp3) is 0.176. The maximum atomic E-state index is 12.8. The normalized spacial score (nSPS) is 10.7. The van der Waals surface area contributed by atoms with Crippen LogP contribution >= 0.6 is 11.3 Å². The molecule has 0 atom stereocenters. The highest BCUT2D eigenvalue weighted by molar-refractivity contribution is 7.13. The Kier molecular flexibility index (Phi) is 4.52. The number of thiophene rings is 1. The summed E-state index contributed by atoms with van der Waals surface area (Å²) in [5.74, 6) is 0.771. The summed E-state index contributed by atoms with van der Waals surface area (Å²) >= 11 is 1.57. The second-order valence-corrected chi connectivity index (χ2v) is 5.96. The number of carbonyl (C=O) groups is 1. The zero-order chi connectivity index (χ0) is 16.2. The van der Waals surface area contributed by atoms with Crippen LogP contribution in [0.4, 0.5) is 4.39 Å². The Morgan fingerprint density at radius 3 is 2.78 bits per heavy atom. The number of rotatable bonds is 5. The molecule has 1 aromatic carbocycles. The van der Waals surface area contributed by atoms with Crippen molar-refractivity contribution in [2.45, 2.75) is 13.3 Å². The van der Waals surface area contributed by atoms with Gasteiger partial charge in [-0.3, -0.25) is 4.79 Å². The van der Waals surface area contributed by atoms with Crippen LogP contribution < -0.4 is 5.32 Å². The summed E-state index contributed by atoms with van der Waals surface area (Å²) < 4.78 is 18.5. The van der Waals surface area contributed by atoms with Crippen molar-refractivity contribution in [3.63, 3.8) is 0 Å². The molecule has 0 spiro atoms. The molecule has 6 heteroatoms. The first kappa shape index (κ1) is 15.4. The largest absolute Gasteiger partial charge is 0.440 e. The number of hydrogen-bond donors (Lipinski definition) is 1. The highest BCUT2D eigenvalue weighted by atomic mass is 32.1. The Morgan fingerprint density at radius 2 is 2.09 bits per heavy atom. The Balaban J connectivity index is 1.58. The number of aromatic nitrogens is 1. The van der Waals surface area contributed by atoms with Gasteiger partial charge in [-0.15, -0.1) is 11.3 Å². The van der Waals surface area contributed by atoms with E-state index in [9.17, 15) is 9.18 Å². The molecule has 0 radical (unpaired) electrons. The lowest BCUT2D eigenvalue weighted by Gasteiger charge is -2.04. The van der Waals surface area contributed by atoms with Gasteiger partial charge in [0, 0.05) is 18.5 Å². The summed E-state index contributed by atoms with van der Waals surface area (Å²) in [6, 6.07) is 9.36. The molecule has 4 nitrogen and oxygen atoms in total. The Hall–Kier alpha value is -2.47. The average Bonchev–Trinajstić information content (AvgIpc) is 3.18. The van der Waals surface area contributed by atoms with Crippen LogP contribution in [0.5, 0.6) is 0 Å². The Morgan fingerprint density at radius 1 is 1.30 bits per heavy atom. The molecule has 0 fully saturated rings. The van der Waals surface area contributed by atoms with Crippen molar-refractivity contribution in [2.24, 2.45) is 0 Å². The van der Waals surface area contributed by atoms with Gasteiger partial charge in [-0.2, -0.15) is 0 Å². The molecule has 2 heterocycles. The van der Waals surface area contributed by atoms with Crippen molar-refractivity contribution < 1.29 is 13.6 Å². The summed E-state index contributed by atoms with van der Waals surface area (Å²) in [7, 11) is 0. The van der Waals surface area contributed by atoms with Crippen molar-refractivity contribution in [3.05, 3.63) is 64.6 Å². The lowest BCUT2D eigenvalue weighted by atomic mass is 10.2. The smallest absolute Gasteiger partial charge is 0.251 e. The number of carbonyl (C=O) groups excluding carboxylic acids is 1. The van der Waals surface area contributed by atoms with E-state index in [2.05, 4.69) is 10.3 Å². The minimum absolute atomic E-state index is 0.232. The summed E-state index contributed by atoms with van der Waals surface area (Å²) in [5, 5.41) is 4.77. The van der Waals surface area contributed by atoms with E-state index in [-0.39, 0.29) is 11.7 Å². The van der Waals surface area contributed by atoms with Gasteiger partial charge in [-0.05, 0) is 42.6 Å². The van der Waals surface area contributed by atoms with Crippen LogP contribution in [0.25, 0.3) is 10.8 Å². The maximum absolute atomic E-state index is 12.8. The molecule has 3 rings (SSSR count). The molecular weight excluding hydrogens is 315 g/mol. The van der Waals surface area contributed by atoms with Crippen molar-refractivity contribution in [1.29, 1.82) is 0 Å². The minimum atomic E-state index is -0.360. The number of halogens is 1. The minimum Gasteiger partial charge on any atom is -0.440 e. The number of oxazole rings is 1. The van der Waals surface area contributed by atoms with Gasteiger partial charge in [0.15, 0.2) is 0 Å². The van der Waals surface area contributed by atoms with Crippen LogP contribution in [0, 0.1) is 12.7 Å². The van der Waals surface area contributed by atoms with Crippen LogP contribution in [-0.2, 0) is 6.42 Å². The van der Waals surface area contributed by atoms with Gasteiger partial charge >= 0.3 is 0 Å². The molecule has 23 heavy (non-hydrogen) atoms. The van der Waals surface area contributed by atoms with Crippen LogP contribution in [0.2, 0.25) is 0 Å². The van der Waals surface area contributed by atoms with Gasteiger partial charge in [0.2, 0.25) is 5.89 Å². The van der Waals surface area contributed by atoms with Crippen molar-refractivity contribution >= 4 is 17.2 Å².